The summed E-state index contributed by atoms with van der Waals surface area (Å²) in [5, 5.41) is 17.0. The highest BCUT2D eigenvalue weighted by Crippen LogP contribution is 2.36. The number of thiophene rings is 1. The third kappa shape index (κ3) is 2.59. The van der Waals surface area contributed by atoms with Crippen LogP contribution in [0.25, 0.3) is 10.1 Å². The predicted octanol–water partition coefficient (Wildman–Crippen LogP) is 3.09. The van der Waals surface area contributed by atoms with E-state index in [0.717, 1.165) is 39.2 Å². The number of nitrogens with zero attached hydrogens (tertiary/aromatic N) is 2. The van der Waals surface area contributed by atoms with Gasteiger partial charge in [-0.1, -0.05) is 0 Å². The van der Waals surface area contributed by atoms with E-state index in [9.17, 15) is 0 Å². The zero-order chi connectivity index (χ0) is 13.2. The van der Waals surface area contributed by atoms with Crippen LogP contribution >= 0.6 is 27.3 Å². The fraction of sp³-hybridized carbons (Fsp3) is 0.385. The number of piperidine rings is 1. The van der Waals surface area contributed by atoms with Crippen LogP contribution < -0.4 is 10.6 Å². The molecule has 0 aliphatic carbocycles. The summed E-state index contributed by atoms with van der Waals surface area (Å²) in [6.07, 6.45) is 3.99. The Morgan fingerprint density at radius 3 is 3.21 bits per heavy atom. The van der Waals surface area contributed by atoms with E-state index in [0.29, 0.717) is 11.6 Å². The van der Waals surface area contributed by atoms with Gasteiger partial charge in [-0.15, -0.1) is 11.3 Å². The van der Waals surface area contributed by atoms with E-state index in [4.69, 9.17) is 5.26 Å². The van der Waals surface area contributed by atoms with E-state index in [-0.39, 0.29) is 0 Å². The Morgan fingerprint density at radius 2 is 2.47 bits per heavy atom. The normalized spacial score (nSPS) is 19.3. The molecular formula is C13H13BrN4S. The second-order valence-corrected chi connectivity index (χ2v) is 7.04. The number of anilines is 1. The quantitative estimate of drug-likeness (QED) is 0.884. The average molecular weight is 337 g/mol. The van der Waals surface area contributed by atoms with Gasteiger partial charge in [0.2, 0.25) is 0 Å². The molecule has 1 fully saturated rings. The van der Waals surface area contributed by atoms with Crippen LogP contribution in [0.3, 0.4) is 0 Å². The van der Waals surface area contributed by atoms with Crippen molar-refractivity contribution in [2.24, 2.45) is 0 Å². The first-order valence-electron chi connectivity index (χ1n) is 6.23. The van der Waals surface area contributed by atoms with Gasteiger partial charge in [0.15, 0.2) is 0 Å². The molecule has 0 aromatic carbocycles. The number of nitrogens with one attached hydrogen (secondary N) is 2. The van der Waals surface area contributed by atoms with Gasteiger partial charge in [0.25, 0.3) is 0 Å². The average Bonchev–Trinajstić information content (AvgIpc) is 2.82. The van der Waals surface area contributed by atoms with E-state index in [1.807, 2.05) is 6.07 Å². The summed E-state index contributed by atoms with van der Waals surface area (Å²) in [6, 6.07) is 4.60. The number of hydrogen-bond acceptors (Lipinski definition) is 5. The Hall–Kier alpha value is -1.16. The van der Waals surface area contributed by atoms with Gasteiger partial charge in [0.1, 0.15) is 11.9 Å². The van der Waals surface area contributed by atoms with Crippen LogP contribution in [0.2, 0.25) is 0 Å². The van der Waals surface area contributed by atoms with Crippen LogP contribution in [0.4, 0.5) is 5.82 Å². The summed E-state index contributed by atoms with van der Waals surface area (Å²) in [4.78, 5) is 4.41. The second kappa shape index (κ2) is 5.45. The van der Waals surface area contributed by atoms with Crippen LogP contribution in [0.1, 0.15) is 18.4 Å². The molecule has 3 rings (SSSR count). The molecule has 6 heteroatoms. The number of fused-ring (bicyclic) bond motifs is 1. The molecular weight excluding hydrogens is 324 g/mol. The molecule has 1 aliphatic heterocycles. The Balaban J connectivity index is 1.97. The molecule has 0 saturated carbocycles. The highest BCUT2D eigenvalue weighted by atomic mass is 79.9. The van der Waals surface area contributed by atoms with Gasteiger partial charge in [-0.25, -0.2) is 4.98 Å². The van der Waals surface area contributed by atoms with Gasteiger partial charge >= 0.3 is 0 Å². The number of pyridine rings is 1. The minimum absolute atomic E-state index is 0.415. The van der Waals surface area contributed by atoms with Crippen LogP contribution in [0.15, 0.2) is 16.0 Å². The number of aromatic nitrogens is 1. The Bertz CT molecular complexity index is 640. The number of rotatable bonds is 2. The lowest BCUT2D eigenvalue weighted by Gasteiger charge is -2.24. The molecule has 2 N–H and O–H groups in total. The van der Waals surface area contributed by atoms with Gasteiger partial charge in [0, 0.05) is 24.2 Å². The third-order valence-electron chi connectivity index (χ3n) is 3.29. The van der Waals surface area contributed by atoms with Crippen molar-refractivity contribution in [3.63, 3.8) is 0 Å². The SMILES string of the molecule is N#Cc1cnc(N[C@H]2CCCNC2)c2sc(Br)cc12. The van der Waals surface area contributed by atoms with Gasteiger partial charge in [-0.2, -0.15) is 5.26 Å². The van der Waals surface area contributed by atoms with Crippen molar-refractivity contribution in [3.8, 4) is 6.07 Å². The maximum absolute atomic E-state index is 9.13. The molecule has 0 radical (unpaired) electrons. The molecule has 1 atom stereocenters. The van der Waals surface area contributed by atoms with Crippen LogP contribution in [-0.2, 0) is 0 Å². The Morgan fingerprint density at radius 1 is 1.58 bits per heavy atom. The number of nitriles is 1. The molecule has 1 saturated heterocycles. The minimum Gasteiger partial charge on any atom is -0.365 e. The van der Waals surface area contributed by atoms with Crippen molar-refractivity contribution in [2.75, 3.05) is 18.4 Å². The molecule has 19 heavy (non-hydrogen) atoms. The summed E-state index contributed by atoms with van der Waals surface area (Å²) in [5.74, 6) is 0.887. The van der Waals surface area contributed by atoms with Crippen LogP contribution in [0.5, 0.6) is 0 Å². The zero-order valence-corrected chi connectivity index (χ0v) is 12.6. The number of halogens is 1. The largest absolute Gasteiger partial charge is 0.365 e. The van der Waals surface area contributed by atoms with Crippen LogP contribution in [0, 0.1) is 11.3 Å². The molecule has 3 heterocycles. The molecule has 1 aliphatic rings. The molecule has 4 nitrogen and oxygen atoms in total. The smallest absolute Gasteiger partial charge is 0.144 e. The lowest BCUT2D eigenvalue weighted by Crippen LogP contribution is -2.38. The van der Waals surface area contributed by atoms with Crippen molar-refractivity contribution in [1.82, 2.24) is 10.3 Å². The highest BCUT2D eigenvalue weighted by molar-refractivity contribution is 9.11. The molecule has 98 valence electrons. The van der Waals surface area contributed by atoms with Crippen molar-refractivity contribution in [2.45, 2.75) is 18.9 Å². The fourth-order valence-corrected chi connectivity index (χ4v) is 3.93. The number of hydrogen-bond donors (Lipinski definition) is 2. The third-order valence-corrected chi connectivity index (χ3v) is 4.93. The summed E-state index contributed by atoms with van der Waals surface area (Å²) in [7, 11) is 0. The minimum atomic E-state index is 0.415. The predicted molar refractivity (Wildman–Crippen MR) is 81.5 cm³/mol. The summed E-state index contributed by atoms with van der Waals surface area (Å²) >= 11 is 5.11. The van der Waals surface area contributed by atoms with Gasteiger partial charge in [-0.3, -0.25) is 0 Å². The van der Waals surface area contributed by atoms with Crippen molar-refractivity contribution < 1.29 is 0 Å². The maximum atomic E-state index is 9.13. The van der Waals surface area contributed by atoms with Crippen molar-refractivity contribution >= 4 is 43.2 Å². The summed E-state index contributed by atoms with van der Waals surface area (Å²) < 4.78 is 2.08. The molecule has 2 aromatic rings. The second-order valence-electron chi connectivity index (χ2n) is 4.61. The van der Waals surface area contributed by atoms with Gasteiger partial charge < -0.3 is 10.6 Å². The van der Waals surface area contributed by atoms with E-state index < -0.39 is 0 Å². The Kier molecular flexibility index (Phi) is 3.69. The zero-order valence-electron chi connectivity index (χ0n) is 10.2. The molecule has 0 amide bonds. The monoisotopic (exact) mass is 336 g/mol. The van der Waals surface area contributed by atoms with Gasteiger partial charge in [-0.05, 0) is 41.4 Å². The molecule has 0 unspecified atom stereocenters. The fourth-order valence-electron chi connectivity index (χ4n) is 2.35. The van der Waals surface area contributed by atoms with E-state index in [2.05, 4.69) is 37.6 Å². The standard InChI is InChI=1S/C13H13BrN4S/c14-11-4-10-8(5-15)6-17-13(12(10)19-11)18-9-2-1-3-16-7-9/h4,6,9,16H,1-3,7H2,(H,17,18)/t9-/m0/s1. The van der Waals surface area contributed by atoms with Crippen molar-refractivity contribution in [1.29, 1.82) is 5.26 Å². The van der Waals surface area contributed by atoms with Gasteiger partial charge in [0.05, 0.1) is 14.0 Å². The van der Waals surface area contributed by atoms with E-state index >= 15 is 0 Å². The summed E-state index contributed by atoms with van der Waals surface area (Å²) in [6.45, 7) is 2.06. The first kappa shape index (κ1) is 12.9. The molecule has 0 bridgehead atoms. The van der Waals surface area contributed by atoms with Crippen LogP contribution in [-0.4, -0.2) is 24.1 Å². The first-order chi connectivity index (χ1) is 9.28. The topological polar surface area (TPSA) is 60.7 Å². The Labute approximate surface area is 124 Å². The maximum Gasteiger partial charge on any atom is 0.144 e. The lowest BCUT2D eigenvalue weighted by molar-refractivity contribution is 0.479. The van der Waals surface area contributed by atoms with Crippen molar-refractivity contribution in [3.05, 3.63) is 21.6 Å². The lowest BCUT2D eigenvalue weighted by atomic mass is 10.1. The first-order valence-corrected chi connectivity index (χ1v) is 7.84. The molecule has 2 aromatic heterocycles. The summed E-state index contributed by atoms with van der Waals surface area (Å²) in [5.41, 5.74) is 0.629. The van der Waals surface area contributed by atoms with E-state index in [1.165, 1.54) is 6.42 Å². The highest BCUT2D eigenvalue weighted by Gasteiger charge is 2.16. The van der Waals surface area contributed by atoms with E-state index in [1.54, 1.807) is 17.5 Å². The molecule has 0 spiro atoms.